The van der Waals surface area contributed by atoms with Crippen molar-refractivity contribution < 1.29 is 14.3 Å². The zero-order chi connectivity index (χ0) is 16.5. The molecule has 4 rings (SSSR count). The molecule has 120 valence electrons. The monoisotopic (exact) mass is 319 g/mol. The Morgan fingerprint density at radius 1 is 1.00 bits per heavy atom. The third-order valence-electron chi connectivity index (χ3n) is 4.27. The molecule has 1 aliphatic rings. The second-order valence-corrected chi connectivity index (χ2v) is 5.83. The van der Waals surface area contributed by atoms with E-state index in [-0.39, 0.29) is 18.7 Å². The third kappa shape index (κ3) is 2.56. The van der Waals surface area contributed by atoms with Gasteiger partial charge in [0.1, 0.15) is 0 Å². The lowest BCUT2D eigenvalue weighted by Gasteiger charge is -2.17. The van der Waals surface area contributed by atoms with Crippen LogP contribution in [0.15, 0.2) is 60.7 Å². The van der Waals surface area contributed by atoms with Gasteiger partial charge >= 0.3 is 0 Å². The third-order valence-corrected chi connectivity index (χ3v) is 4.27. The number of benzene rings is 3. The fourth-order valence-corrected chi connectivity index (χ4v) is 3.02. The van der Waals surface area contributed by atoms with Crippen LogP contribution in [0.1, 0.15) is 28.9 Å². The van der Waals surface area contributed by atoms with Crippen LogP contribution in [-0.4, -0.2) is 12.7 Å². The van der Waals surface area contributed by atoms with Crippen molar-refractivity contribution in [3.63, 3.8) is 0 Å². The molecule has 1 atom stereocenters. The molecular formula is C20H17NO3. The Morgan fingerprint density at radius 2 is 1.79 bits per heavy atom. The molecule has 1 unspecified atom stereocenters. The van der Waals surface area contributed by atoms with E-state index >= 15 is 0 Å². The van der Waals surface area contributed by atoms with Gasteiger partial charge in [-0.1, -0.05) is 42.5 Å². The van der Waals surface area contributed by atoms with Gasteiger partial charge in [-0.05, 0) is 41.5 Å². The summed E-state index contributed by atoms with van der Waals surface area (Å²) in [6.07, 6.45) is 0. The normalized spacial score (nSPS) is 13.7. The average molecular weight is 319 g/mol. The molecule has 1 amide bonds. The van der Waals surface area contributed by atoms with E-state index in [0.717, 1.165) is 10.9 Å². The highest BCUT2D eigenvalue weighted by Gasteiger charge is 2.18. The van der Waals surface area contributed by atoms with Gasteiger partial charge < -0.3 is 14.8 Å². The van der Waals surface area contributed by atoms with E-state index in [9.17, 15) is 4.79 Å². The molecule has 4 heteroatoms. The molecule has 0 fully saturated rings. The van der Waals surface area contributed by atoms with Crippen LogP contribution < -0.4 is 14.8 Å². The smallest absolute Gasteiger partial charge is 0.251 e. The summed E-state index contributed by atoms with van der Waals surface area (Å²) in [5.41, 5.74) is 1.66. The van der Waals surface area contributed by atoms with Crippen molar-refractivity contribution in [2.75, 3.05) is 6.79 Å². The molecule has 0 saturated carbocycles. The molecule has 1 heterocycles. The molecular weight excluding hydrogens is 302 g/mol. The lowest BCUT2D eigenvalue weighted by Crippen LogP contribution is -2.26. The average Bonchev–Trinajstić information content (AvgIpc) is 3.08. The van der Waals surface area contributed by atoms with E-state index < -0.39 is 0 Å². The summed E-state index contributed by atoms with van der Waals surface area (Å²) in [6, 6.07) is 19.4. The van der Waals surface area contributed by atoms with Gasteiger partial charge in [0.25, 0.3) is 5.91 Å². The van der Waals surface area contributed by atoms with E-state index in [1.807, 2.05) is 31.2 Å². The van der Waals surface area contributed by atoms with Crippen molar-refractivity contribution >= 4 is 16.7 Å². The minimum Gasteiger partial charge on any atom is -0.454 e. The Kier molecular flexibility index (Phi) is 3.58. The highest BCUT2D eigenvalue weighted by atomic mass is 16.7. The number of rotatable bonds is 3. The van der Waals surface area contributed by atoms with E-state index in [1.165, 1.54) is 5.39 Å². The van der Waals surface area contributed by atoms with E-state index in [2.05, 4.69) is 23.5 Å². The summed E-state index contributed by atoms with van der Waals surface area (Å²) >= 11 is 0. The first-order valence-corrected chi connectivity index (χ1v) is 7.90. The maximum atomic E-state index is 12.6. The van der Waals surface area contributed by atoms with Gasteiger partial charge in [-0.25, -0.2) is 0 Å². The topological polar surface area (TPSA) is 47.6 Å². The van der Waals surface area contributed by atoms with Crippen molar-refractivity contribution in [2.45, 2.75) is 13.0 Å². The number of nitrogens with one attached hydrogen (secondary N) is 1. The maximum absolute atomic E-state index is 12.6. The predicted octanol–water partition coefficient (Wildman–Crippen LogP) is 4.06. The van der Waals surface area contributed by atoms with Gasteiger partial charge in [-0.3, -0.25) is 4.79 Å². The number of fused-ring (bicyclic) bond motifs is 2. The Balaban J connectivity index is 1.59. The second kappa shape index (κ2) is 5.89. The van der Waals surface area contributed by atoms with Gasteiger partial charge in [0.15, 0.2) is 11.5 Å². The Bertz CT molecular complexity index is 914. The fraction of sp³-hybridized carbons (Fsp3) is 0.150. The van der Waals surface area contributed by atoms with Gasteiger partial charge in [0.05, 0.1) is 6.04 Å². The standard InChI is InChI=1S/C20H17NO3/c1-13(16-8-4-6-14-5-2-3-7-17(14)16)21-20(22)15-9-10-18-19(11-15)24-12-23-18/h2-11,13H,12H2,1H3,(H,21,22). The first kappa shape index (κ1) is 14.6. The number of ether oxygens (including phenoxy) is 2. The summed E-state index contributed by atoms with van der Waals surface area (Å²) in [5, 5.41) is 5.38. The van der Waals surface area contributed by atoms with E-state index in [1.54, 1.807) is 18.2 Å². The van der Waals surface area contributed by atoms with Gasteiger partial charge in [-0.15, -0.1) is 0 Å². The molecule has 4 nitrogen and oxygen atoms in total. The molecule has 3 aromatic rings. The number of carbonyl (C=O) groups excluding carboxylic acids is 1. The van der Waals surface area contributed by atoms with Crippen LogP contribution in [-0.2, 0) is 0 Å². The largest absolute Gasteiger partial charge is 0.454 e. The van der Waals surface area contributed by atoms with E-state index in [4.69, 9.17) is 9.47 Å². The summed E-state index contributed by atoms with van der Waals surface area (Å²) in [6.45, 7) is 2.19. The lowest BCUT2D eigenvalue weighted by molar-refractivity contribution is 0.0939. The van der Waals surface area contributed by atoms with Gasteiger partial charge in [0.2, 0.25) is 6.79 Å². The molecule has 0 spiro atoms. The number of amides is 1. The number of carbonyl (C=O) groups is 1. The SMILES string of the molecule is CC(NC(=O)c1ccc2c(c1)OCO2)c1cccc2ccccc12. The van der Waals surface area contributed by atoms with Crippen molar-refractivity contribution in [3.05, 3.63) is 71.8 Å². The minimum atomic E-state index is -0.131. The first-order chi connectivity index (χ1) is 11.7. The van der Waals surface area contributed by atoms with Crippen molar-refractivity contribution in [2.24, 2.45) is 0 Å². The molecule has 0 aliphatic carbocycles. The van der Waals surface area contributed by atoms with Crippen LogP contribution in [0.2, 0.25) is 0 Å². The molecule has 0 saturated heterocycles. The van der Waals surface area contributed by atoms with Crippen LogP contribution in [0, 0.1) is 0 Å². The van der Waals surface area contributed by atoms with Crippen LogP contribution in [0.5, 0.6) is 11.5 Å². The Labute approximate surface area is 140 Å². The van der Waals surface area contributed by atoms with Crippen molar-refractivity contribution in [1.82, 2.24) is 5.32 Å². The number of hydrogen-bond donors (Lipinski definition) is 1. The highest BCUT2D eigenvalue weighted by molar-refractivity contribution is 5.95. The van der Waals surface area contributed by atoms with Crippen LogP contribution >= 0.6 is 0 Å². The first-order valence-electron chi connectivity index (χ1n) is 7.90. The van der Waals surface area contributed by atoms with E-state index in [0.29, 0.717) is 17.1 Å². The molecule has 0 radical (unpaired) electrons. The minimum absolute atomic E-state index is 0.103. The Hall–Kier alpha value is -3.01. The molecule has 0 bridgehead atoms. The highest BCUT2D eigenvalue weighted by Crippen LogP contribution is 2.32. The molecule has 1 aliphatic heterocycles. The summed E-state index contributed by atoms with van der Waals surface area (Å²) in [4.78, 5) is 12.6. The molecule has 0 aromatic heterocycles. The van der Waals surface area contributed by atoms with Crippen molar-refractivity contribution in [3.8, 4) is 11.5 Å². The van der Waals surface area contributed by atoms with Crippen LogP contribution in [0.3, 0.4) is 0 Å². The fourth-order valence-electron chi connectivity index (χ4n) is 3.02. The summed E-state index contributed by atoms with van der Waals surface area (Å²) in [5.74, 6) is 1.16. The van der Waals surface area contributed by atoms with Gasteiger partial charge in [0, 0.05) is 5.56 Å². The Morgan fingerprint density at radius 3 is 2.71 bits per heavy atom. The number of hydrogen-bond acceptors (Lipinski definition) is 3. The zero-order valence-corrected chi connectivity index (χ0v) is 13.3. The summed E-state index contributed by atoms with van der Waals surface area (Å²) < 4.78 is 10.6. The summed E-state index contributed by atoms with van der Waals surface area (Å²) in [7, 11) is 0. The second-order valence-electron chi connectivity index (χ2n) is 5.83. The van der Waals surface area contributed by atoms with Crippen LogP contribution in [0.4, 0.5) is 0 Å². The quantitative estimate of drug-likeness (QED) is 0.792. The lowest BCUT2D eigenvalue weighted by atomic mass is 9.99. The van der Waals surface area contributed by atoms with Gasteiger partial charge in [-0.2, -0.15) is 0 Å². The van der Waals surface area contributed by atoms with Crippen molar-refractivity contribution in [1.29, 1.82) is 0 Å². The predicted molar refractivity (Wildman–Crippen MR) is 92.4 cm³/mol. The molecule has 3 aromatic carbocycles. The molecule has 24 heavy (non-hydrogen) atoms. The van der Waals surface area contributed by atoms with Crippen LogP contribution in [0.25, 0.3) is 10.8 Å². The zero-order valence-electron chi connectivity index (χ0n) is 13.3. The molecule has 1 N–H and O–H groups in total. The maximum Gasteiger partial charge on any atom is 0.251 e.